The molecule has 3 rings (SSSR count). The summed E-state index contributed by atoms with van der Waals surface area (Å²) in [6, 6.07) is 6.64. The number of hydrogen-bond acceptors (Lipinski definition) is 7. The van der Waals surface area contributed by atoms with Crippen LogP contribution in [0.5, 0.6) is 5.75 Å². The average Bonchev–Trinajstić information content (AvgIpc) is 3.11. The highest BCUT2D eigenvalue weighted by Crippen LogP contribution is 2.49. The molecular formula is C16H16N2O5S2. The third-order valence-corrected chi connectivity index (χ3v) is 6.01. The van der Waals surface area contributed by atoms with Crippen molar-refractivity contribution in [2.45, 2.75) is 29.9 Å². The molecule has 1 unspecified atom stereocenters. The van der Waals surface area contributed by atoms with Crippen LogP contribution in [0.2, 0.25) is 0 Å². The molecule has 2 saturated heterocycles. The summed E-state index contributed by atoms with van der Waals surface area (Å²) in [4.78, 5) is 49.6. The predicted octanol–water partition coefficient (Wildman–Crippen LogP) is 1.68. The van der Waals surface area contributed by atoms with Crippen LogP contribution >= 0.6 is 24.6 Å². The molecule has 1 aromatic carbocycles. The van der Waals surface area contributed by atoms with Crippen LogP contribution < -0.4 is 4.74 Å². The number of carbonyl (C=O) groups is 4. The van der Waals surface area contributed by atoms with Crippen molar-refractivity contribution in [1.29, 1.82) is 0 Å². The van der Waals surface area contributed by atoms with Crippen molar-refractivity contribution in [3.63, 3.8) is 0 Å². The third-order valence-electron chi connectivity index (χ3n) is 4.05. The van der Waals surface area contributed by atoms with Gasteiger partial charge in [-0.05, 0) is 12.1 Å². The third kappa shape index (κ3) is 3.13. The van der Waals surface area contributed by atoms with Crippen LogP contribution in [0.4, 0.5) is 0 Å². The zero-order valence-corrected chi connectivity index (χ0v) is 15.1. The van der Waals surface area contributed by atoms with E-state index in [0.29, 0.717) is 11.3 Å². The summed E-state index contributed by atoms with van der Waals surface area (Å²) in [5, 5.41) is 0. The molecule has 1 aromatic rings. The Labute approximate surface area is 154 Å². The number of thiol groups is 1. The molecule has 0 bridgehead atoms. The van der Waals surface area contributed by atoms with Crippen molar-refractivity contribution < 1.29 is 23.9 Å². The Bertz CT molecular complexity index is 719. The number of nitrogens with zero attached hydrogens (tertiary/aromatic N) is 2. The van der Waals surface area contributed by atoms with Crippen molar-refractivity contribution in [3.8, 4) is 5.75 Å². The Kier molecular flexibility index (Phi) is 4.79. The summed E-state index contributed by atoms with van der Waals surface area (Å²) < 4.78 is 4.62. The highest BCUT2D eigenvalue weighted by molar-refractivity contribution is 8.10. The zero-order valence-electron chi connectivity index (χ0n) is 13.4. The standard InChI is InChI=1S/C16H16N2O5S2/c1-23-11-4-2-10(3-5-11)16(24,17-12(19)6-7-13(17)20)25-18-14(21)8-9-15(18)22/h2-5,24H,6-9H2,1H3. The highest BCUT2D eigenvalue weighted by Gasteiger charge is 2.49. The highest BCUT2D eigenvalue weighted by atomic mass is 32.2. The van der Waals surface area contributed by atoms with Gasteiger partial charge in [-0.1, -0.05) is 12.1 Å². The van der Waals surface area contributed by atoms with Crippen molar-refractivity contribution in [2.75, 3.05) is 7.11 Å². The van der Waals surface area contributed by atoms with Gasteiger partial charge in [-0.25, -0.2) is 4.31 Å². The fraction of sp³-hybridized carbons (Fsp3) is 0.375. The Morgan fingerprint density at radius 1 is 0.920 bits per heavy atom. The van der Waals surface area contributed by atoms with E-state index in [4.69, 9.17) is 4.74 Å². The lowest BCUT2D eigenvalue weighted by molar-refractivity contribution is -0.141. The summed E-state index contributed by atoms with van der Waals surface area (Å²) in [6.07, 6.45) is 0.389. The van der Waals surface area contributed by atoms with Gasteiger partial charge in [-0.3, -0.25) is 24.1 Å². The fourth-order valence-electron chi connectivity index (χ4n) is 2.73. The van der Waals surface area contributed by atoms with Crippen molar-refractivity contribution in [2.24, 2.45) is 0 Å². The lowest BCUT2D eigenvalue weighted by Gasteiger charge is -2.37. The minimum atomic E-state index is -1.49. The van der Waals surface area contributed by atoms with Crippen LogP contribution in [0.3, 0.4) is 0 Å². The minimum absolute atomic E-state index is 0.0831. The molecule has 9 heteroatoms. The second-order valence-electron chi connectivity index (χ2n) is 5.63. The number of methoxy groups -OCH3 is 1. The quantitative estimate of drug-likeness (QED) is 0.362. The molecule has 2 fully saturated rings. The van der Waals surface area contributed by atoms with Crippen LogP contribution in [0.25, 0.3) is 0 Å². The van der Waals surface area contributed by atoms with E-state index in [1.807, 2.05) is 0 Å². The van der Waals surface area contributed by atoms with Crippen molar-refractivity contribution >= 4 is 48.2 Å². The molecule has 4 amide bonds. The molecule has 2 aliphatic heterocycles. The Morgan fingerprint density at radius 3 is 1.88 bits per heavy atom. The average molecular weight is 380 g/mol. The van der Waals surface area contributed by atoms with Gasteiger partial charge in [0, 0.05) is 43.2 Å². The number of imide groups is 2. The summed E-state index contributed by atoms with van der Waals surface area (Å²) >= 11 is 5.39. The molecule has 2 aliphatic rings. The first-order valence-corrected chi connectivity index (χ1v) is 8.86. The molecule has 0 saturated carbocycles. The predicted molar refractivity (Wildman–Crippen MR) is 93.4 cm³/mol. The molecular weight excluding hydrogens is 364 g/mol. The van der Waals surface area contributed by atoms with Gasteiger partial charge in [0.25, 0.3) is 0 Å². The number of carbonyl (C=O) groups excluding carboxylic acids is 4. The first kappa shape index (κ1) is 17.8. The monoisotopic (exact) mass is 380 g/mol. The molecule has 0 N–H and O–H groups in total. The van der Waals surface area contributed by atoms with Crippen molar-refractivity contribution in [3.05, 3.63) is 29.8 Å². The van der Waals surface area contributed by atoms with Gasteiger partial charge < -0.3 is 4.74 Å². The van der Waals surface area contributed by atoms with E-state index in [2.05, 4.69) is 12.6 Å². The minimum Gasteiger partial charge on any atom is -0.497 e. The number of ether oxygens (including phenoxy) is 1. The second-order valence-corrected chi connectivity index (χ2v) is 7.72. The van der Waals surface area contributed by atoms with E-state index in [0.717, 1.165) is 21.2 Å². The van der Waals surface area contributed by atoms with Gasteiger partial charge in [0.15, 0.2) is 4.20 Å². The Morgan fingerprint density at radius 2 is 1.40 bits per heavy atom. The van der Waals surface area contributed by atoms with Crippen LogP contribution in [0.1, 0.15) is 31.2 Å². The zero-order chi connectivity index (χ0) is 18.2. The smallest absolute Gasteiger partial charge is 0.239 e. The van der Waals surface area contributed by atoms with E-state index in [-0.39, 0.29) is 49.3 Å². The summed E-state index contributed by atoms with van der Waals surface area (Å²) in [6.45, 7) is 0. The van der Waals surface area contributed by atoms with Crippen LogP contribution in [0, 0.1) is 0 Å². The molecule has 132 valence electrons. The van der Waals surface area contributed by atoms with Gasteiger partial charge in [0.2, 0.25) is 23.6 Å². The molecule has 7 nitrogen and oxygen atoms in total. The summed E-state index contributed by atoms with van der Waals surface area (Å²) in [5.41, 5.74) is 0.498. The maximum absolute atomic E-state index is 12.3. The number of benzene rings is 1. The first-order chi connectivity index (χ1) is 11.9. The van der Waals surface area contributed by atoms with Gasteiger partial charge in [-0.2, -0.15) is 0 Å². The van der Waals surface area contributed by atoms with Crippen LogP contribution in [0.15, 0.2) is 24.3 Å². The Balaban J connectivity index is 2.03. The number of likely N-dealkylation sites (tertiary alicyclic amines) is 1. The van der Waals surface area contributed by atoms with E-state index in [1.54, 1.807) is 24.3 Å². The van der Waals surface area contributed by atoms with Gasteiger partial charge in [0.05, 0.1) is 7.11 Å². The summed E-state index contributed by atoms with van der Waals surface area (Å²) in [5.74, 6) is -0.899. The lowest BCUT2D eigenvalue weighted by atomic mass is 10.2. The SMILES string of the molecule is COc1ccc(C(S)(SN2C(=O)CCC2=O)N2C(=O)CCC2=O)cc1. The molecule has 0 radical (unpaired) electrons. The topological polar surface area (TPSA) is 84.0 Å². The van der Waals surface area contributed by atoms with Gasteiger partial charge >= 0.3 is 0 Å². The summed E-state index contributed by atoms with van der Waals surface area (Å²) in [7, 11) is 1.52. The lowest BCUT2D eigenvalue weighted by Crippen LogP contribution is -2.46. The van der Waals surface area contributed by atoms with E-state index >= 15 is 0 Å². The number of amides is 4. The normalized spacial score (nSPS) is 20.4. The maximum atomic E-state index is 12.3. The molecule has 0 aromatic heterocycles. The van der Waals surface area contributed by atoms with E-state index in [9.17, 15) is 19.2 Å². The van der Waals surface area contributed by atoms with Gasteiger partial charge in [-0.15, -0.1) is 12.6 Å². The second kappa shape index (κ2) is 6.72. The largest absolute Gasteiger partial charge is 0.497 e. The number of rotatable bonds is 5. The molecule has 2 heterocycles. The molecule has 0 aliphatic carbocycles. The molecule has 1 atom stereocenters. The van der Waals surface area contributed by atoms with Crippen LogP contribution in [-0.2, 0) is 23.4 Å². The van der Waals surface area contributed by atoms with E-state index in [1.165, 1.54) is 7.11 Å². The molecule has 25 heavy (non-hydrogen) atoms. The first-order valence-electron chi connectivity index (χ1n) is 7.64. The fourth-order valence-corrected chi connectivity index (χ4v) is 4.52. The molecule has 0 spiro atoms. The Hall–Kier alpha value is -2.00. The number of hydrogen-bond donors (Lipinski definition) is 1. The van der Waals surface area contributed by atoms with Crippen molar-refractivity contribution in [1.82, 2.24) is 9.21 Å². The van der Waals surface area contributed by atoms with E-state index < -0.39 is 4.20 Å². The maximum Gasteiger partial charge on any atom is 0.239 e. The van der Waals surface area contributed by atoms with Gasteiger partial charge in [0.1, 0.15) is 5.75 Å². The van der Waals surface area contributed by atoms with Crippen LogP contribution in [-0.4, -0.2) is 39.9 Å².